The third-order valence-electron chi connectivity index (χ3n) is 2.24. The van der Waals surface area contributed by atoms with Crippen molar-refractivity contribution in [3.8, 4) is 0 Å². The number of nitrogens with one attached hydrogen (secondary N) is 2. The van der Waals surface area contributed by atoms with E-state index in [1.807, 2.05) is 0 Å². The Labute approximate surface area is 96.5 Å². The molecule has 88 valence electrons. The fraction of sp³-hybridized carbons (Fsp3) is 0.0909. The van der Waals surface area contributed by atoms with Crippen LogP contribution in [-0.2, 0) is 6.54 Å². The van der Waals surface area contributed by atoms with Crippen LogP contribution in [0.4, 0.5) is 15.9 Å². The van der Waals surface area contributed by atoms with Gasteiger partial charge in [-0.15, -0.1) is 0 Å². The van der Waals surface area contributed by atoms with Crippen molar-refractivity contribution in [2.24, 2.45) is 0 Å². The van der Waals surface area contributed by atoms with E-state index < -0.39 is 5.56 Å². The van der Waals surface area contributed by atoms with Crippen LogP contribution in [0.2, 0.25) is 0 Å². The van der Waals surface area contributed by atoms with E-state index in [1.54, 1.807) is 12.1 Å². The van der Waals surface area contributed by atoms with Gasteiger partial charge < -0.3 is 16.0 Å². The average Bonchev–Trinajstić information content (AvgIpc) is 2.31. The number of nitrogen functional groups attached to an aromatic ring is 1. The minimum Gasteiger partial charge on any atom is -0.391 e. The Morgan fingerprint density at radius 1 is 1.47 bits per heavy atom. The molecule has 0 saturated heterocycles. The first-order chi connectivity index (χ1) is 8.16. The number of aromatic nitrogens is 2. The number of H-pyrrole nitrogens is 1. The SMILES string of the molecule is Nc1c(NCc2cccc(F)c2)nc[nH]c1=O. The Bertz CT molecular complexity index is 582. The monoisotopic (exact) mass is 234 g/mol. The highest BCUT2D eigenvalue weighted by molar-refractivity contribution is 5.58. The summed E-state index contributed by atoms with van der Waals surface area (Å²) in [5, 5.41) is 2.87. The minimum absolute atomic E-state index is 0.0175. The maximum atomic E-state index is 12.9. The second-order valence-corrected chi connectivity index (χ2v) is 3.48. The lowest BCUT2D eigenvalue weighted by atomic mass is 10.2. The molecule has 6 heteroatoms. The normalized spacial score (nSPS) is 10.2. The Hall–Kier alpha value is -2.37. The largest absolute Gasteiger partial charge is 0.391 e. The molecule has 0 aliphatic rings. The Morgan fingerprint density at radius 3 is 3.06 bits per heavy atom. The van der Waals surface area contributed by atoms with E-state index in [1.165, 1.54) is 18.5 Å². The van der Waals surface area contributed by atoms with Gasteiger partial charge in [0.15, 0.2) is 5.82 Å². The highest BCUT2D eigenvalue weighted by Crippen LogP contribution is 2.10. The van der Waals surface area contributed by atoms with Gasteiger partial charge in [-0.05, 0) is 17.7 Å². The molecule has 0 aliphatic heterocycles. The Kier molecular flexibility index (Phi) is 3.04. The van der Waals surface area contributed by atoms with Crippen molar-refractivity contribution in [2.45, 2.75) is 6.54 Å². The van der Waals surface area contributed by atoms with Crippen LogP contribution in [0, 0.1) is 5.82 Å². The van der Waals surface area contributed by atoms with Gasteiger partial charge >= 0.3 is 0 Å². The van der Waals surface area contributed by atoms with Crippen LogP contribution in [0.1, 0.15) is 5.56 Å². The van der Waals surface area contributed by atoms with Gasteiger partial charge in [-0.3, -0.25) is 4.79 Å². The second kappa shape index (κ2) is 4.65. The maximum Gasteiger partial charge on any atom is 0.276 e. The Morgan fingerprint density at radius 2 is 2.29 bits per heavy atom. The molecule has 1 heterocycles. The molecule has 0 fully saturated rings. The molecule has 1 aromatic carbocycles. The lowest BCUT2D eigenvalue weighted by Gasteiger charge is -2.07. The molecule has 2 rings (SSSR count). The Balaban J connectivity index is 2.13. The lowest BCUT2D eigenvalue weighted by molar-refractivity contribution is 0.626. The number of benzene rings is 1. The molecule has 0 spiro atoms. The van der Waals surface area contributed by atoms with Crippen molar-refractivity contribution < 1.29 is 4.39 Å². The molecule has 0 aliphatic carbocycles. The molecule has 4 N–H and O–H groups in total. The molecule has 0 unspecified atom stereocenters. The van der Waals surface area contributed by atoms with Crippen molar-refractivity contribution in [1.29, 1.82) is 0 Å². The summed E-state index contributed by atoms with van der Waals surface area (Å²) in [6, 6.07) is 6.14. The summed E-state index contributed by atoms with van der Waals surface area (Å²) >= 11 is 0. The average molecular weight is 234 g/mol. The standard InChI is InChI=1S/C11H11FN4O/c12-8-3-1-2-7(4-8)5-14-10-9(13)11(17)16-6-15-10/h1-4,6H,5,13H2,(H2,14,15,16,17). The van der Waals surface area contributed by atoms with Gasteiger partial charge in [0, 0.05) is 6.54 Å². The summed E-state index contributed by atoms with van der Waals surface area (Å²) < 4.78 is 12.9. The topological polar surface area (TPSA) is 83.8 Å². The summed E-state index contributed by atoms with van der Waals surface area (Å²) in [6.45, 7) is 0.346. The summed E-state index contributed by atoms with van der Waals surface area (Å²) in [7, 11) is 0. The van der Waals surface area contributed by atoms with Crippen molar-refractivity contribution in [1.82, 2.24) is 9.97 Å². The molecule has 0 radical (unpaired) electrons. The van der Waals surface area contributed by atoms with E-state index in [4.69, 9.17) is 5.73 Å². The van der Waals surface area contributed by atoms with Crippen LogP contribution in [-0.4, -0.2) is 9.97 Å². The second-order valence-electron chi connectivity index (χ2n) is 3.48. The maximum absolute atomic E-state index is 12.9. The van der Waals surface area contributed by atoms with E-state index >= 15 is 0 Å². The zero-order chi connectivity index (χ0) is 12.3. The number of aromatic amines is 1. The van der Waals surface area contributed by atoms with E-state index in [0.29, 0.717) is 6.54 Å². The first-order valence-corrected chi connectivity index (χ1v) is 4.98. The molecule has 5 nitrogen and oxygen atoms in total. The summed E-state index contributed by atoms with van der Waals surface area (Å²) in [5.74, 6) is -0.0193. The van der Waals surface area contributed by atoms with Crippen LogP contribution in [0.25, 0.3) is 0 Å². The number of hydrogen-bond acceptors (Lipinski definition) is 4. The summed E-state index contributed by atoms with van der Waals surface area (Å²) in [6.07, 6.45) is 1.26. The van der Waals surface area contributed by atoms with Gasteiger partial charge in [0.2, 0.25) is 0 Å². The van der Waals surface area contributed by atoms with Crippen LogP contribution in [0.5, 0.6) is 0 Å². The third kappa shape index (κ3) is 2.60. The van der Waals surface area contributed by atoms with Crippen LogP contribution in [0.3, 0.4) is 0 Å². The number of rotatable bonds is 3. The molecular weight excluding hydrogens is 223 g/mol. The van der Waals surface area contributed by atoms with E-state index in [-0.39, 0.29) is 17.3 Å². The number of halogens is 1. The predicted molar refractivity (Wildman–Crippen MR) is 63.0 cm³/mol. The minimum atomic E-state index is -0.401. The third-order valence-corrected chi connectivity index (χ3v) is 2.24. The van der Waals surface area contributed by atoms with Gasteiger partial charge in [0.05, 0.1) is 6.33 Å². The zero-order valence-corrected chi connectivity index (χ0v) is 8.90. The number of nitrogens with two attached hydrogens (primary N) is 1. The molecular formula is C11H11FN4O. The van der Waals surface area contributed by atoms with E-state index in [2.05, 4.69) is 15.3 Å². The molecule has 0 amide bonds. The highest BCUT2D eigenvalue weighted by atomic mass is 19.1. The number of nitrogens with zero attached hydrogens (tertiary/aromatic N) is 1. The predicted octanol–water partition coefficient (Wildman–Crippen LogP) is 1.10. The van der Waals surface area contributed by atoms with Gasteiger partial charge in [0.1, 0.15) is 11.5 Å². The molecule has 0 saturated carbocycles. The number of hydrogen-bond donors (Lipinski definition) is 3. The first kappa shape index (κ1) is 11.1. The van der Waals surface area contributed by atoms with Gasteiger partial charge in [-0.25, -0.2) is 9.37 Å². The molecule has 0 atom stereocenters. The van der Waals surface area contributed by atoms with Crippen molar-refractivity contribution >= 4 is 11.5 Å². The van der Waals surface area contributed by atoms with Crippen LogP contribution >= 0.6 is 0 Å². The van der Waals surface area contributed by atoms with Gasteiger partial charge in [0.25, 0.3) is 5.56 Å². The van der Waals surface area contributed by atoms with Crippen LogP contribution < -0.4 is 16.6 Å². The fourth-order valence-corrected chi connectivity index (χ4v) is 1.38. The zero-order valence-electron chi connectivity index (χ0n) is 8.90. The highest BCUT2D eigenvalue weighted by Gasteiger charge is 2.03. The van der Waals surface area contributed by atoms with Crippen LogP contribution in [0.15, 0.2) is 35.4 Å². The quantitative estimate of drug-likeness (QED) is 0.742. The van der Waals surface area contributed by atoms with Gasteiger partial charge in [-0.2, -0.15) is 0 Å². The molecule has 17 heavy (non-hydrogen) atoms. The smallest absolute Gasteiger partial charge is 0.276 e. The van der Waals surface area contributed by atoms with E-state index in [0.717, 1.165) is 5.56 Å². The van der Waals surface area contributed by atoms with Gasteiger partial charge in [-0.1, -0.05) is 12.1 Å². The first-order valence-electron chi connectivity index (χ1n) is 4.98. The van der Waals surface area contributed by atoms with E-state index in [9.17, 15) is 9.18 Å². The molecule has 1 aromatic heterocycles. The lowest BCUT2D eigenvalue weighted by Crippen LogP contribution is -2.16. The van der Waals surface area contributed by atoms with Crippen molar-refractivity contribution in [3.63, 3.8) is 0 Å². The molecule has 2 aromatic rings. The summed E-state index contributed by atoms with van der Waals surface area (Å²) in [5.41, 5.74) is 5.89. The fourth-order valence-electron chi connectivity index (χ4n) is 1.38. The number of anilines is 2. The summed E-state index contributed by atoms with van der Waals surface area (Å²) in [4.78, 5) is 17.4. The van der Waals surface area contributed by atoms with Crippen molar-refractivity contribution in [3.05, 3.63) is 52.3 Å². The molecule has 0 bridgehead atoms. The van der Waals surface area contributed by atoms with Crippen molar-refractivity contribution in [2.75, 3.05) is 11.1 Å².